The Morgan fingerprint density at radius 3 is 2.42 bits per heavy atom. The summed E-state index contributed by atoms with van der Waals surface area (Å²) in [5.41, 5.74) is 0.327. The first-order valence-electron chi connectivity index (χ1n) is 12.3. The second-order valence-electron chi connectivity index (χ2n) is 8.78. The molecular weight excluding hydrogens is 545 g/mol. The van der Waals surface area contributed by atoms with E-state index in [0.717, 1.165) is 6.07 Å². The van der Waals surface area contributed by atoms with E-state index in [1.54, 1.807) is 31.2 Å². The van der Waals surface area contributed by atoms with Gasteiger partial charge in [-0.25, -0.2) is 9.37 Å². The number of pyridine rings is 1. The number of para-hydroxylation sites is 1. The molecule has 0 spiro atoms. The lowest BCUT2D eigenvalue weighted by molar-refractivity contribution is -0.157. The molecule has 11 heteroatoms. The van der Waals surface area contributed by atoms with Crippen molar-refractivity contribution in [3.63, 3.8) is 0 Å². The van der Waals surface area contributed by atoms with Gasteiger partial charge in [0.1, 0.15) is 17.7 Å². The highest BCUT2D eigenvalue weighted by molar-refractivity contribution is 6.31. The minimum Gasteiger partial charge on any atom is -0.493 e. The molecule has 212 valence electrons. The van der Waals surface area contributed by atoms with Crippen LogP contribution in [0.5, 0.6) is 17.2 Å². The van der Waals surface area contributed by atoms with Gasteiger partial charge in [-0.2, -0.15) is 0 Å². The summed E-state index contributed by atoms with van der Waals surface area (Å²) in [5, 5.41) is 0.109. The summed E-state index contributed by atoms with van der Waals surface area (Å²) in [6.45, 7) is 3.90. The number of aromatic nitrogens is 1. The highest BCUT2D eigenvalue weighted by atomic mass is 35.5. The minimum absolute atomic E-state index is 0.0209. The molecule has 0 N–H and O–H groups in total. The molecule has 0 aliphatic heterocycles. The molecule has 0 fully saturated rings. The second-order valence-corrected chi connectivity index (χ2v) is 9.18. The van der Waals surface area contributed by atoms with Crippen molar-refractivity contribution in [2.24, 2.45) is 5.92 Å². The SMILES string of the molecule is COc1ccnc(C(=O)C[C@@H](C)C(=O)O[C@@H](C)[C@H](Oc2ccccc2)c2ccc(F)cc2Cl)c1OCOC(C)=O. The molecule has 2 aromatic carbocycles. The van der Waals surface area contributed by atoms with Crippen LogP contribution in [0.1, 0.15) is 49.3 Å². The first kappa shape index (κ1) is 30.4. The molecule has 1 heterocycles. The number of hydrogen-bond acceptors (Lipinski definition) is 9. The molecule has 40 heavy (non-hydrogen) atoms. The molecule has 0 radical (unpaired) electrons. The van der Waals surface area contributed by atoms with Gasteiger partial charge in [0.2, 0.25) is 6.79 Å². The molecule has 0 bridgehead atoms. The van der Waals surface area contributed by atoms with Crippen LogP contribution in [0, 0.1) is 11.7 Å². The monoisotopic (exact) mass is 573 g/mol. The zero-order chi connectivity index (χ0) is 29.2. The molecule has 3 atom stereocenters. The Morgan fingerprint density at radius 2 is 1.77 bits per heavy atom. The molecule has 3 aromatic rings. The Balaban J connectivity index is 1.75. The van der Waals surface area contributed by atoms with Crippen molar-refractivity contribution in [1.29, 1.82) is 0 Å². The molecule has 3 rings (SSSR count). The van der Waals surface area contributed by atoms with Gasteiger partial charge in [-0.1, -0.05) is 42.8 Å². The number of rotatable bonds is 13. The van der Waals surface area contributed by atoms with Crippen LogP contribution in [0.2, 0.25) is 5.02 Å². The number of Topliss-reactive ketones (excluding diaryl/α,β-unsaturated/α-hetero) is 1. The average Bonchev–Trinajstić information content (AvgIpc) is 2.92. The van der Waals surface area contributed by atoms with Crippen molar-refractivity contribution in [3.8, 4) is 17.2 Å². The predicted octanol–water partition coefficient (Wildman–Crippen LogP) is 5.74. The van der Waals surface area contributed by atoms with E-state index in [1.165, 1.54) is 45.4 Å². The second kappa shape index (κ2) is 14.3. The minimum atomic E-state index is -0.884. The van der Waals surface area contributed by atoms with Crippen LogP contribution in [0.15, 0.2) is 60.8 Å². The van der Waals surface area contributed by atoms with Crippen LogP contribution >= 0.6 is 11.6 Å². The number of carbonyl (C=O) groups excluding carboxylic acids is 3. The summed E-state index contributed by atoms with van der Waals surface area (Å²) < 4.78 is 40.9. The van der Waals surface area contributed by atoms with E-state index in [4.69, 9.17) is 35.3 Å². The maximum atomic E-state index is 13.7. The lowest BCUT2D eigenvalue weighted by Gasteiger charge is -2.27. The first-order chi connectivity index (χ1) is 19.1. The third-order valence-electron chi connectivity index (χ3n) is 5.72. The fourth-order valence-electron chi connectivity index (χ4n) is 3.71. The molecule has 0 unspecified atom stereocenters. The molecule has 0 saturated carbocycles. The summed E-state index contributed by atoms with van der Waals surface area (Å²) in [6.07, 6.45) is -0.653. The van der Waals surface area contributed by atoms with Gasteiger partial charge in [0.25, 0.3) is 0 Å². The van der Waals surface area contributed by atoms with Crippen molar-refractivity contribution in [1.82, 2.24) is 4.98 Å². The van der Waals surface area contributed by atoms with Gasteiger partial charge in [-0.15, -0.1) is 0 Å². The van der Waals surface area contributed by atoms with Crippen LogP contribution in [-0.4, -0.2) is 42.7 Å². The number of ketones is 1. The molecule has 0 amide bonds. The molecule has 9 nitrogen and oxygen atoms in total. The number of benzene rings is 2. The van der Waals surface area contributed by atoms with E-state index in [2.05, 4.69) is 4.98 Å². The van der Waals surface area contributed by atoms with Gasteiger partial charge in [0.15, 0.2) is 29.1 Å². The van der Waals surface area contributed by atoms with Crippen molar-refractivity contribution >= 4 is 29.3 Å². The van der Waals surface area contributed by atoms with Crippen molar-refractivity contribution in [2.75, 3.05) is 13.9 Å². The maximum absolute atomic E-state index is 13.7. The Labute approximate surface area is 236 Å². The summed E-state index contributed by atoms with van der Waals surface area (Å²) in [5.74, 6) is -2.50. The highest BCUT2D eigenvalue weighted by Crippen LogP contribution is 2.33. The van der Waals surface area contributed by atoms with Crippen LogP contribution in [-0.2, 0) is 19.1 Å². The molecule has 0 saturated heterocycles. The molecule has 1 aromatic heterocycles. The van der Waals surface area contributed by atoms with Gasteiger partial charge in [-0.05, 0) is 31.2 Å². The van der Waals surface area contributed by atoms with E-state index < -0.39 is 48.5 Å². The van der Waals surface area contributed by atoms with Gasteiger partial charge in [-0.3, -0.25) is 14.4 Å². The fourth-order valence-corrected chi connectivity index (χ4v) is 3.98. The van der Waals surface area contributed by atoms with Crippen LogP contribution < -0.4 is 14.2 Å². The standard InChI is InChI=1S/C29H29ClFNO8/c1-17(14-24(34)26-28(38-16-37-19(3)33)25(36-4)12-13-32-26)29(35)39-18(2)27(40-21-8-6-5-7-9-21)22-11-10-20(31)15-23(22)30/h5-13,15,17-18,27H,14,16H2,1-4H3/t17-,18+,27+/m1/s1. The summed E-state index contributed by atoms with van der Waals surface area (Å²) in [6, 6.07) is 14.2. The normalized spacial score (nSPS) is 12.9. The Morgan fingerprint density at radius 1 is 1.05 bits per heavy atom. The average molecular weight is 574 g/mol. The Bertz CT molecular complexity index is 1340. The predicted molar refractivity (Wildman–Crippen MR) is 143 cm³/mol. The van der Waals surface area contributed by atoms with Gasteiger partial charge >= 0.3 is 11.9 Å². The van der Waals surface area contributed by atoms with Crippen molar-refractivity contribution < 1.29 is 42.5 Å². The zero-order valence-corrected chi connectivity index (χ0v) is 23.1. The smallest absolute Gasteiger partial charge is 0.309 e. The number of hydrogen-bond donors (Lipinski definition) is 0. The van der Waals surface area contributed by atoms with Gasteiger partial charge in [0, 0.05) is 31.2 Å². The number of halogens is 2. The number of ether oxygens (including phenoxy) is 5. The topological polar surface area (TPSA) is 110 Å². The molecular formula is C29H29ClFNO8. The lowest BCUT2D eigenvalue weighted by atomic mass is 10.0. The van der Waals surface area contributed by atoms with E-state index in [9.17, 15) is 18.8 Å². The van der Waals surface area contributed by atoms with Crippen LogP contribution in [0.25, 0.3) is 0 Å². The third kappa shape index (κ3) is 8.16. The highest BCUT2D eigenvalue weighted by Gasteiger charge is 2.30. The largest absolute Gasteiger partial charge is 0.493 e. The van der Waals surface area contributed by atoms with Crippen LogP contribution in [0.4, 0.5) is 4.39 Å². The van der Waals surface area contributed by atoms with E-state index in [1.807, 2.05) is 6.07 Å². The van der Waals surface area contributed by atoms with Crippen LogP contribution in [0.3, 0.4) is 0 Å². The Kier molecular flexibility index (Phi) is 10.8. The van der Waals surface area contributed by atoms with Crippen molar-refractivity contribution in [3.05, 3.63) is 82.9 Å². The van der Waals surface area contributed by atoms with E-state index >= 15 is 0 Å². The number of nitrogens with zero attached hydrogens (tertiary/aromatic N) is 1. The maximum Gasteiger partial charge on any atom is 0.309 e. The summed E-state index contributed by atoms with van der Waals surface area (Å²) in [7, 11) is 1.38. The quantitative estimate of drug-likeness (QED) is 0.143. The summed E-state index contributed by atoms with van der Waals surface area (Å²) >= 11 is 6.30. The number of methoxy groups -OCH3 is 1. The molecule has 0 aliphatic rings. The fraction of sp³-hybridized carbons (Fsp3) is 0.310. The molecule has 0 aliphatic carbocycles. The summed E-state index contributed by atoms with van der Waals surface area (Å²) in [4.78, 5) is 41.3. The number of esters is 2. The van der Waals surface area contributed by atoms with Gasteiger partial charge in [0.05, 0.1) is 18.1 Å². The Hall–Kier alpha value is -4.18. The third-order valence-corrected chi connectivity index (χ3v) is 6.04. The first-order valence-corrected chi connectivity index (χ1v) is 12.7. The zero-order valence-electron chi connectivity index (χ0n) is 22.4. The van der Waals surface area contributed by atoms with E-state index in [-0.39, 0.29) is 28.6 Å². The van der Waals surface area contributed by atoms with Gasteiger partial charge < -0.3 is 23.7 Å². The van der Waals surface area contributed by atoms with Crippen molar-refractivity contribution in [2.45, 2.75) is 39.4 Å². The van der Waals surface area contributed by atoms with E-state index in [0.29, 0.717) is 11.3 Å². The number of carbonyl (C=O) groups is 3. The lowest BCUT2D eigenvalue weighted by Crippen LogP contribution is -2.30.